The molecule has 1 aromatic rings. The average Bonchev–Trinajstić information content (AvgIpc) is 2.26. The number of ketones is 1. The fraction of sp³-hybridized carbons (Fsp3) is 0.273. The van der Waals surface area contributed by atoms with Crippen LogP contribution in [0.4, 0.5) is 0 Å². The molecule has 0 atom stereocenters. The molecular weight excluding hydrogens is 196 g/mol. The predicted octanol–water partition coefficient (Wildman–Crippen LogP) is 1.65. The van der Waals surface area contributed by atoms with Crippen molar-refractivity contribution in [3.63, 3.8) is 0 Å². The Hall–Kier alpha value is -1.68. The molecule has 0 spiro atoms. The number of carbonyl (C=O) groups excluding carboxylic acids is 2. The third-order valence-electron chi connectivity index (χ3n) is 1.83. The summed E-state index contributed by atoms with van der Waals surface area (Å²) in [5.41, 5.74) is 0.968. The molecule has 0 saturated carbocycles. The van der Waals surface area contributed by atoms with Gasteiger partial charge in [0.2, 0.25) is 0 Å². The lowest BCUT2D eigenvalue weighted by Gasteiger charge is -2.03. The van der Waals surface area contributed by atoms with Crippen molar-refractivity contribution in [3.05, 3.63) is 35.4 Å². The molecule has 0 unspecified atom stereocenters. The standard InChI is InChI=1S/C11H12O4/c1-8(12)9-3-5-10(6-4-9)11(13)15-7-14-2/h3-6H,7H2,1-2H3. The first kappa shape index (κ1) is 11.4. The van der Waals surface area contributed by atoms with Gasteiger partial charge in [0.15, 0.2) is 12.6 Å². The third-order valence-corrected chi connectivity index (χ3v) is 1.83. The summed E-state index contributed by atoms with van der Waals surface area (Å²) in [7, 11) is 1.44. The number of esters is 1. The lowest BCUT2D eigenvalue weighted by molar-refractivity contribution is -0.0125. The van der Waals surface area contributed by atoms with E-state index >= 15 is 0 Å². The average molecular weight is 208 g/mol. The normalized spacial score (nSPS) is 9.73. The summed E-state index contributed by atoms with van der Waals surface area (Å²) in [5, 5.41) is 0. The van der Waals surface area contributed by atoms with Crippen molar-refractivity contribution in [2.45, 2.75) is 6.92 Å². The van der Waals surface area contributed by atoms with Crippen LogP contribution in [0.1, 0.15) is 27.6 Å². The second kappa shape index (κ2) is 5.26. The molecular formula is C11H12O4. The molecule has 0 bridgehead atoms. The third kappa shape index (κ3) is 3.18. The number of methoxy groups -OCH3 is 1. The first-order chi connectivity index (χ1) is 7.15. The summed E-state index contributed by atoms with van der Waals surface area (Å²) in [5.74, 6) is -0.501. The first-order valence-corrected chi connectivity index (χ1v) is 4.42. The molecule has 4 nitrogen and oxygen atoms in total. The van der Waals surface area contributed by atoms with Crippen molar-refractivity contribution in [1.82, 2.24) is 0 Å². The van der Waals surface area contributed by atoms with Crippen LogP contribution in [0, 0.1) is 0 Å². The zero-order valence-electron chi connectivity index (χ0n) is 8.65. The number of benzene rings is 1. The van der Waals surface area contributed by atoms with Crippen molar-refractivity contribution >= 4 is 11.8 Å². The van der Waals surface area contributed by atoms with E-state index in [1.54, 1.807) is 24.3 Å². The molecule has 4 heteroatoms. The maximum absolute atomic E-state index is 11.3. The van der Waals surface area contributed by atoms with E-state index in [0.717, 1.165) is 0 Å². The Labute approximate surface area is 87.8 Å². The Balaban J connectivity index is 2.71. The van der Waals surface area contributed by atoms with E-state index in [0.29, 0.717) is 11.1 Å². The van der Waals surface area contributed by atoms with Crippen molar-refractivity contribution in [1.29, 1.82) is 0 Å². The zero-order chi connectivity index (χ0) is 11.3. The minimum Gasteiger partial charge on any atom is -0.435 e. The fourth-order valence-corrected chi connectivity index (χ4v) is 1.04. The van der Waals surface area contributed by atoms with E-state index in [9.17, 15) is 9.59 Å². The molecule has 0 aromatic heterocycles. The minimum absolute atomic E-state index is 0.0354. The van der Waals surface area contributed by atoms with Gasteiger partial charge in [0.1, 0.15) is 0 Å². The summed E-state index contributed by atoms with van der Waals surface area (Å²) in [6.07, 6.45) is 0. The number of rotatable bonds is 4. The van der Waals surface area contributed by atoms with Crippen LogP contribution in [-0.2, 0) is 9.47 Å². The van der Waals surface area contributed by atoms with Crippen LogP contribution in [0.15, 0.2) is 24.3 Å². The highest BCUT2D eigenvalue weighted by molar-refractivity contribution is 5.96. The summed E-state index contributed by atoms with van der Waals surface area (Å²) < 4.78 is 9.33. The summed E-state index contributed by atoms with van der Waals surface area (Å²) in [6, 6.07) is 6.28. The molecule has 80 valence electrons. The van der Waals surface area contributed by atoms with Gasteiger partial charge in [-0.3, -0.25) is 4.79 Å². The van der Waals surface area contributed by atoms with E-state index < -0.39 is 5.97 Å². The van der Waals surface area contributed by atoms with Crippen molar-refractivity contribution in [2.24, 2.45) is 0 Å². The number of Topliss-reactive ketones (excluding diaryl/α,β-unsaturated/α-hetero) is 1. The van der Waals surface area contributed by atoms with Gasteiger partial charge in [0.05, 0.1) is 5.56 Å². The van der Waals surface area contributed by atoms with Gasteiger partial charge in [-0.1, -0.05) is 12.1 Å². The maximum Gasteiger partial charge on any atom is 0.340 e. The zero-order valence-corrected chi connectivity index (χ0v) is 8.65. The first-order valence-electron chi connectivity index (χ1n) is 4.42. The Kier molecular flexibility index (Phi) is 4.00. The van der Waals surface area contributed by atoms with Gasteiger partial charge in [-0.25, -0.2) is 4.79 Å². The lowest BCUT2D eigenvalue weighted by atomic mass is 10.1. The number of ether oxygens (including phenoxy) is 2. The predicted molar refractivity (Wildman–Crippen MR) is 53.7 cm³/mol. The van der Waals surface area contributed by atoms with Crippen LogP contribution >= 0.6 is 0 Å². The Bertz CT molecular complexity index is 353. The van der Waals surface area contributed by atoms with Gasteiger partial charge in [0.25, 0.3) is 0 Å². The topological polar surface area (TPSA) is 52.6 Å². The van der Waals surface area contributed by atoms with Crippen LogP contribution in [0.5, 0.6) is 0 Å². The maximum atomic E-state index is 11.3. The molecule has 0 fully saturated rings. The number of hydrogen-bond acceptors (Lipinski definition) is 4. The van der Waals surface area contributed by atoms with E-state index in [4.69, 9.17) is 4.74 Å². The van der Waals surface area contributed by atoms with E-state index in [2.05, 4.69) is 4.74 Å². The molecule has 0 amide bonds. The molecule has 1 aromatic carbocycles. The van der Waals surface area contributed by atoms with Gasteiger partial charge < -0.3 is 9.47 Å². The molecule has 0 radical (unpaired) electrons. The molecule has 15 heavy (non-hydrogen) atoms. The van der Waals surface area contributed by atoms with Gasteiger partial charge in [-0.2, -0.15) is 0 Å². The van der Waals surface area contributed by atoms with Crippen LogP contribution in [0.25, 0.3) is 0 Å². The van der Waals surface area contributed by atoms with Gasteiger partial charge in [0, 0.05) is 12.7 Å². The largest absolute Gasteiger partial charge is 0.435 e. The monoisotopic (exact) mass is 208 g/mol. The summed E-state index contributed by atoms with van der Waals surface area (Å²) in [6.45, 7) is 1.39. The van der Waals surface area contributed by atoms with E-state index in [-0.39, 0.29) is 12.6 Å². The minimum atomic E-state index is -0.466. The summed E-state index contributed by atoms with van der Waals surface area (Å²) in [4.78, 5) is 22.3. The second-order valence-electron chi connectivity index (χ2n) is 2.97. The Morgan fingerprint density at radius 3 is 2.13 bits per heavy atom. The molecule has 0 aliphatic heterocycles. The number of carbonyl (C=O) groups is 2. The van der Waals surface area contributed by atoms with E-state index in [1.807, 2.05) is 0 Å². The molecule has 0 heterocycles. The van der Waals surface area contributed by atoms with Gasteiger partial charge in [-0.05, 0) is 19.1 Å². The molecule has 1 rings (SSSR count). The van der Waals surface area contributed by atoms with Crippen LogP contribution in [-0.4, -0.2) is 25.7 Å². The smallest absolute Gasteiger partial charge is 0.340 e. The quantitative estimate of drug-likeness (QED) is 0.429. The van der Waals surface area contributed by atoms with Crippen molar-refractivity contribution < 1.29 is 19.1 Å². The molecule has 0 saturated heterocycles. The van der Waals surface area contributed by atoms with Crippen LogP contribution in [0.2, 0.25) is 0 Å². The number of hydrogen-bond donors (Lipinski definition) is 0. The Morgan fingerprint density at radius 2 is 1.67 bits per heavy atom. The molecule has 0 aliphatic rings. The van der Waals surface area contributed by atoms with Crippen molar-refractivity contribution in [2.75, 3.05) is 13.9 Å². The molecule has 0 aliphatic carbocycles. The van der Waals surface area contributed by atoms with Gasteiger partial charge >= 0.3 is 5.97 Å². The van der Waals surface area contributed by atoms with Gasteiger partial charge in [-0.15, -0.1) is 0 Å². The lowest BCUT2D eigenvalue weighted by Crippen LogP contribution is -2.07. The molecule has 0 N–H and O–H groups in total. The fourth-order valence-electron chi connectivity index (χ4n) is 1.04. The van der Waals surface area contributed by atoms with Crippen molar-refractivity contribution in [3.8, 4) is 0 Å². The SMILES string of the molecule is COCOC(=O)c1ccc(C(C)=O)cc1. The highest BCUT2D eigenvalue weighted by Crippen LogP contribution is 2.06. The Morgan fingerprint density at radius 1 is 1.13 bits per heavy atom. The highest BCUT2D eigenvalue weighted by atomic mass is 16.7. The highest BCUT2D eigenvalue weighted by Gasteiger charge is 2.07. The van der Waals surface area contributed by atoms with Crippen LogP contribution in [0.3, 0.4) is 0 Å². The van der Waals surface area contributed by atoms with Crippen LogP contribution < -0.4 is 0 Å². The second-order valence-corrected chi connectivity index (χ2v) is 2.97. The summed E-state index contributed by atoms with van der Waals surface area (Å²) >= 11 is 0. The van der Waals surface area contributed by atoms with E-state index in [1.165, 1.54) is 14.0 Å².